The average molecular weight is 361 g/mol. The zero-order valence-electron chi connectivity index (χ0n) is 15.0. The Morgan fingerprint density at radius 1 is 1.27 bits per heavy atom. The van der Waals surface area contributed by atoms with Gasteiger partial charge in [-0.25, -0.2) is 9.48 Å². The van der Waals surface area contributed by atoms with E-state index in [1.165, 1.54) is 11.0 Å². The Labute approximate surface area is 151 Å². The number of rotatable bonds is 8. The fourth-order valence-corrected chi connectivity index (χ4v) is 2.22. The number of hydrogen-bond acceptors (Lipinski definition) is 6. The quantitative estimate of drug-likeness (QED) is 0.719. The number of aliphatic carboxylic acids is 1. The molecule has 0 aliphatic rings. The van der Waals surface area contributed by atoms with Crippen LogP contribution in [0.4, 0.5) is 0 Å². The fraction of sp³-hybridized carbons (Fsp3) is 0.471. The number of ether oxygens (including phenoxy) is 1. The summed E-state index contributed by atoms with van der Waals surface area (Å²) in [6.07, 6.45) is 1.76. The van der Waals surface area contributed by atoms with E-state index in [9.17, 15) is 14.7 Å². The van der Waals surface area contributed by atoms with Crippen molar-refractivity contribution < 1.29 is 19.4 Å². The molecule has 1 amide bonds. The lowest BCUT2D eigenvalue weighted by Crippen LogP contribution is -2.42. The monoisotopic (exact) mass is 361 g/mol. The highest BCUT2D eigenvalue weighted by Crippen LogP contribution is 2.10. The molecule has 0 radical (unpaired) electrons. The van der Waals surface area contributed by atoms with Crippen LogP contribution in [0.1, 0.15) is 32.8 Å². The normalized spacial score (nSPS) is 12.6. The van der Waals surface area contributed by atoms with Gasteiger partial charge < -0.3 is 15.2 Å². The summed E-state index contributed by atoms with van der Waals surface area (Å²) in [5.41, 5.74) is 1.17. The second-order valence-electron chi connectivity index (χ2n) is 6.81. The van der Waals surface area contributed by atoms with Crippen LogP contribution in [0.25, 0.3) is 5.69 Å². The Hall–Kier alpha value is -2.81. The Morgan fingerprint density at radius 2 is 1.96 bits per heavy atom. The molecule has 140 valence electrons. The highest BCUT2D eigenvalue weighted by molar-refractivity contribution is 5.84. The number of nitrogens with one attached hydrogen (secondary N) is 1. The van der Waals surface area contributed by atoms with Gasteiger partial charge in [0.05, 0.1) is 17.7 Å². The molecule has 0 aliphatic heterocycles. The number of carbonyl (C=O) groups excluding carboxylic acids is 1. The van der Waals surface area contributed by atoms with Crippen molar-refractivity contribution in [3.8, 4) is 5.69 Å². The van der Waals surface area contributed by atoms with Crippen molar-refractivity contribution in [2.45, 2.75) is 45.3 Å². The number of carboxylic acids is 1. The molecule has 1 aromatic heterocycles. The molecule has 1 aromatic carbocycles. The van der Waals surface area contributed by atoms with Gasteiger partial charge in [0.2, 0.25) is 5.91 Å². The topological polar surface area (TPSA) is 119 Å². The number of carboxylic acid groups (broad SMARTS) is 1. The third-order valence-electron chi connectivity index (χ3n) is 3.49. The minimum atomic E-state index is -1.08. The number of benzene rings is 1. The van der Waals surface area contributed by atoms with Crippen LogP contribution in [-0.2, 0) is 20.7 Å². The lowest BCUT2D eigenvalue weighted by molar-refractivity contribution is -0.142. The van der Waals surface area contributed by atoms with Crippen LogP contribution < -0.4 is 5.32 Å². The average Bonchev–Trinajstić information content (AvgIpc) is 3.07. The molecular formula is C17H23N5O4. The summed E-state index contributed by atoms with van der Waals surface area (Å²) in [6.45, 7) is 5.92. The Morgan fingerprint density at radius 3 is 2.50 bits per heavy atom. The number of nitrogens with zero attached hydrogens (tertiary/aromatic N) is 4. The van der Waals surface area contributed by atoms with Gasteiger partial charge in [0.15, 0.2) is 0 Å². The molecule has 9 nitrogen and oxygen atoms in total. The number of carbonyl (C=O) groups is 2. The number of tetrazole rings is 1. The van der Waals surface area contributed by atoms with Crippen LogP contribution in [0.5, 0.6) is 0 Å². The van der Waals surface area contributed by atoms with Gasteiger partial charge in [0.25, 0.3) is 0 Å². The lowest BCUT2D eigenvalue weighted by Gasteiger charge is -2.21. The van der Waals surface area contributed by atoms with Gasteiger partial charge in [-0.3, -0.25) is 4.79 Å². The van der Waals surface area contributed by atoms with E-state index in [0.29, 0.717) is 0 Å². The summed E-state index contributed by atoms with van der Waals surface area (Å²) in [4.78, 5) is 23.5. The molecule has 0 saturated heterocycles. The molecular weight excluding hydrogens is 338 g/mol. The van der Waals surface area contributed by atoms with E-state index in [-0.39, 0.29) is 31.0 Å². The van der Waals surface area contributed by atoms with Crippen LogP contribution in [0.3, 0.4) is 0 Å². The largest absolute Gasteiger partial charge is 0.480 e. The Bertz CT molecular complexity index is 723. The molecule has 1 atom stereocenters. The summed E-state index contributed by atoms with van der Waals surface area (Å²) in [7, 11) is 0. The third-order valence-corrected chi connectivity index (χ3v) is 3.49. The maximum absolute atomic E-state index is 12.1. The molecule has 1 unspecified atom stereocenters. The smallest absolute Gasteiger partial charge is 0.326 e. The van der Waals surface area contributed by atoms with Crippen molar-refractivity contribution in [3.05, 3.63) is 36.2 Å². The molecule has 2 aromatic rings. The highest BCUT2D eigenvalue weighted by Gasteiger charge is 2.21. The lowest BCUT2D eigenvalue weighted by atomic mass is 10.1. The van der Waals surface area contributed by atoms with E-state index in [2.05, 4.69) is 20.8 Å². The van der Waals surface area contributed by atoms with E-state index in [1.807, 2.05) is 20.8 Å². The van der Waals surface area contributed by atoms with Crippen molar-refractivity contribution in [3.63, 3.8) is 0 Å². The zero-order chi connectivity index (χ0) is 19.2. The first-order chi connectivity index (χ1) is 12.2. The molecule has 2 N–H and O–H groups in total. The molecule has 1 heterocycles. The van der Waals surface area contributed by atoms with Gasteiger partial charge in [-0.2, -0.15) is 0 Å². The number of hydrogen-bond donors (Lipinski definition) is 2. The predicted octanol–water partition coefficient (Wildman–Crippen LogP) is 0.979. The number of aromatic nitrogens is 4. The molecule has 0 aliphatic carbocycles. The molecule has 0 bridgehead atoms. The SMILES string of the molecule is CC(C)(C)OCCC(NC(=O)Cc1ccc(-n2cnnn2)cc1)C(=O)O. The number of amides is 1. The minimum absolute atomic E-state index is 0.0831. The Balaban J connectivity index is 1.88. The standard InChI is InChI=1S/C17H23N5O4/c1-17(2,3)26-9-8-14(16(24)25)19-15(23)10-12-4-6-13(7-5-12)22-11-18-20-21-22/h4-7,11,14H,8-10H2,1-3H3,(H,19,23)(H,24,25). The van der Waals surface area contributed by atoms with E-state index in [0.717, 1.165) is 11.3 Å². The van der Waals surface area contributed by atoms with Crippen molar-refractivity contribution in [2.75, 3.05) is 6.61 Å². The van der Waals surface area contributed by atoms with E-state index in [1.54, 1.807) is 24.3 Å². The highest BCUT2D eigenvalue weighted by atomic mass is 16.5. The molecule has 26 heavy (non-hydrogen) atoms. The summed E-state index contributed by atoms with van der Waals surface area (Å²) >= 11 is 0. The second kappa shape index (κ2) is 8.52. The van der Waals surface area contributed by atoms with Crippen molar-refractivity contribution in [1.82, 2.24) is 25.5 Å². The first kappa shape index (κ1) is 19.5. The predicted molar refractivity (Wildman–Crippen MR) is 92.7 cm³/mol. The fourth-order valence-electron chi connectivity index (χ4n) is 2.22. The molecule has 0 spiro atoms. The van der Waals surface area contributed by atoms with Gasteiger partial charge >= 0.3 is 5.97 Å². The van der Waals surface area contributed by atoms with Gasteiger partial charge in [-0.1, -0.05) is 12.1 Å². The van der Waals surface area contributed by atoms with E-state index >= 15 is 0 Å². The maximum Gasteiger partial charge on any atom is 0.326 e. The first-order valence-electron chi connectivity index (χ1n) is 8.23. The summed E-state index contributed by atoms with van der Waals surface area (Å²) in [5, 5.41) is 22.7. The van der Waals surface area contributed by atoms with E-state index in [4.69, 9.17) is 4.74 Å². The van der Waals surface area contributed by atoms with Crippen LogP contribution in [-0.4, -0.2) is 55.4 Å². The van der Waals surface area contributed by atoms with Gasteiger partial charge in [0.1, 0.15) is 12.4 Å². The molecule has 0 fully saturated rings. The van der Waals surface area contributed by atoms with Crippen molar-refractivity contribution in [2.24, 2.45) is 0 Å². The summed E-state index contributed by atoms with van der Waals surface area (Å²) in [5.74, 6) is -1.44. The van der Waals surface area contributed by atoms with Crippen LogP contribution in [0.15, 0.2) is 30.6 Å². The first-order valence-corrected chi connectivity index (χ1v) is 8.23. The summed E-state index contributed by atoms with van der Waals surface area (Å²) in [6, 6.07) is 6.13. The Kier molecular flexibility index (Phi) is 6.40. The molecule has 9 heteroatoms. The van der Waals surface area contributed by atoms with Gasteiger partial charge in [0, 0.05) is 13.0 Å². The maximum atomic E-state index is 12.1. The van der Waals surface area contributed by atoms with Crippen molar-refractivity contribution >= 4 is 11.9 Å². The van der Waals surface area contributed by atoms with E-state index < -0.39 is 12.0 Å². The second-order valence-corrected chi connectivity index (χ2v) is 6.81. The van der Waals surface area contributed by atoms with Crippen LogP contribution in [0.2, 0.25) is 0 Å². The van der Waals surface area contributed by atoms with Crippen LogP contribution in [0, 0.1) is 0 Å². The molecule has 2 rings (SSSR count). The summed E-state index contributed by atoms with van der Waals surface area (Å²) < 4.78 is 7.02. The third kappa shape index (κ3) is 6.25. The van der Waals surface area contributed by atoms with Crippen LogP contribution >= 0.6 is 0 Å². The minimum Gasteiger partial charge on any atom is -0.480 e. The van der Waals surface area contributed by atoms with Crippen molar-refractivity contribution in [1.29, 1.82) is 0 Å². The molecule has 0 saturated carbocycles. The van der Waals surface area contributed by atoms with Gasteiger partial charge in [-0.15, -0.1) is 5.10 Å². The van der Waals surface area contributed by atoms with Gasteiger partial charge in [-0.05, 0) is 48.9 Å². The zero-order valence-corrected chi connectivity index (χ0v) is 15.0.